The largest absolute Gasteiger partial charge is 0.368 e. The molecule has 0 aliphatic carbocycles. The van der Waals surface area contributed by atoms with Crippen LogP contribution in [-0.2, 0) is 10.0 Å². The van der Waals surface area contributed by atoms with Gasteiger partial charge < -0.3 is 9.42 Å². The number of rotatable bonds is 4. The highest BCUT2D eigenvalue weighted by Crippen LogP contribution is 2.30. The van der Waals surface area contributed by atoms with Crippen molar-refractivity contribution in [3.05, 3.63) is 72.6 Å². The monoisotopic (exact) mass is 433 g/mol. The van der Waals surface area contributed by atoms with Gasteiger partial charge in [0.1, 0.15) is 0 Å². The predicted octanol–water partition coefficient (Wildman–Crippen LogP) is 3.51. The average molecular weight is 434 g/mol. The van der Waals surface area contributed by atoms with Crippen LogP contribution in [0.4, 0.5) is 5.69 Å². The molecule has 157 valence electrons. The molecule has 5 rings (SSSR count). The zero-order valence-electron chi connectivity index (χ0n) is 17.0. The number of piperazine rings is 1. The molecule has 1 radical (unpaired) electrons. The van der Waals surface area contributed by atoms with E-state index in [4.69, 9.17) is 4.52 Å². The van der Waals surface area contributed by atoms with Crippen LogP contribution in [-0.4, -0.2) is 49.0 Å². The molecule has 0 N–H and O–H groups in total. The van der Waals surface area contributed by atoms with Crippen molar-refractivity contribution in [3.8, 4) is 11.4 Å². The summed E-state index contributed by atoms with van der Waals surface area (Å²) in [6, 6.07) is 21.7. The molecule has 4 aromatic rings. The molecule has 0 unspecified atom stereocenters. The molecular weight excluding hydrogens is 412 g/mol. The number of sulfonamides is 1. The summed E-state index contributed by atoms with van der Waals surface area (Å²) in [5.41, 5.74) is 1.77. The summed E-state index contributed by atoms with van der Waals surface area (Å²) in [6.07, 6.45) is 0. The molecule has 31 heavy (non-hydrogen) atoms. The summed E-state index contributed by atoms with van der Waals surface area (Å²) in [4.78, 5) is 6.81. The smallest absolute Gasteiger partial charge is 0.243 e. The molecule has 0 atom stereocenters. The third-order valence-electron chi connectivity index (χ3n) is 5.55. The van der Waals surface area contributed by atoms with Gasteiger partial charge >= 0.3 is 0 Å². The average Bonchev–Trinajstić information content (AvgIpc) is 3.25. The number of fused-ring (bicyclic) bond motifs is 1. The molecule has 0 spiro atoms. The number of benzene rings is 3. The van der Waals surface area contributed by atoms with Crippen molar-refractivity contribution in [1.29, 1.82) is 0 Å². The summed E-state index contributed by atoms with van der Waals surface area (Å²) in [6.45, 7) is 3.69. The third-order valence-corrected chi connectivity index (χ3v) is 7.44. The second kappa shape index (κ2) is 7.79. The van der Waals surface area contributed by atoms with Crippen LogP contribution >= 0.6 is 0 Å². The van der Waals surface area contributed by atoms with Crippen molar-refractivity contribution < 1.29 is 12.9 Å². The third kappa shape index (κ3) is 3.68. The Bertz CT molecular complexity index is 1340. The second-order valence-electron chi connectivity index (χ2n) is 7.48. The summed E-state index contributed by atoms with van der Waals surface area (Å²) >= 11 is 0. The Balaban J connectivity index is 1.37. The first-order valence-corrected chi connectivity index (χ1v) is 11.5. The van der Waals surface area contributed by atoms with Gasteiger partial charge in [0.05, 0.1) is 4.90 Å². The van der Waals surface area contributed by atoms with Gasteiger partial charge in [0, 0.05) is 44.4 Å². The van der Waals surface area contributed by atoms with Crippen LogP contribution in [0.25, 0.3) is 22.2 Å². The van der Waals surface area contributed by atoms with E-state index in [0.717, 1.165) is 22.0 Å². The van der Waals surface area contributed by atoms with E-state index in [9.17, 15) is 8.42 Å². The van der Waals surface area contributed by atoms with Crippen LogP contribution in [0.5, 0.6) is 0 Å². The van der Waals surface area contributed by atoms with Gasteiger partial charge in [-0.1, -0.05) is 41.6 Å². The van der Waals surface area contributed by atoms with Gasteiger partial charge in [-0.15, -0.1) is 0 Å². The Morgan fingerprint density at radius 1 is 1.00 bits per heavy atom. The van der Waals surface area contributed by atoms with Crippen LogP contribution < -0.4 is 4.90 Å². The highest BCUT2D eigenvalue weighted by Gasteiger charge is 2.29. The van der Waals surface area contributed by atoms with E-state index in [2.05, 4.69) is 21.1 Å². The van der Waals surface area contributed by atoms with Gasteiger partial charge in [-0.25, -0.2) is 8.42 Å². The summed E-state index contributed by atoms with van der Waals surface area (Å²) < 4.78 is 33.1. The van der Waals surface area contributed by atoms with E-state index in [1.807, 2.05) is 48.5 Å². The molecule has 0 bridgehead atoms. The number of aryl methyl sites for hydroxylation is 1. The fourth-order valence-electron chi connectivity index (χ4n) is 3.93. The lowest BCUT2D eigenvalue weighted by molar-refractivity contribution is 0.385. The number of hydrogen-bond donors (Lipinski definition) is 0. The van der Waals surface area contributed by atoms with Crippen molar-refractivity contribution in [2.75, 3.05) is 31.1 Å². The molecule has 7 nitrogen and oxygen atoms in total. The van der Waals surface area contributed by atoms with E-state index in [1.165, 1.54) is 0 Å². The Morgan fingerprint density at radius 2 is 1.77 bits per heavy atom. The fraction of sp³-hybridized carbons (Fsp3) is 0.217. The number of aromatic nitrogens is 2. The molecule has 1 aliphatic rings. The van der Waals surface area contributed by atoms with E-state index < -0.39 is 10.0 Å². The van der Waals surface area contributed by atoms with Crippen LogP contribution in [0, 0.1) is 13.0 Å². The first kappa shape index (κ1) is 19.7. The van der Waals surface area contributed by atoms with Gasteiger partial charge in [0.25, 0.3) is 0 Å². The molecular formula is C23H21N4O3S. The van der Waals surface area contributed by atoms with Crippen molar-refractivity contribution >= 4 is 26.5 Å². The lowest BCUT2D eigenvalue weighted by Crippen LogP contribution is -2.48. The van der Waals surface area contributed by atoms with Crippen LogP contribution in [0.1, 0.15) is 5.89 Å². The van der Waals surface area contributed by atoms with E-state index in [-0.39, 0.29) is 0 Å². The standard InChI is InChI=1S/C23H21N4O3S/c1-17-24-23(25-30-17)21-8-4-5-9-22(21)26-12-14-27(15-13-26)31(28,29)20-11-10-18-6-2-3-7-19(18)16-20/h2-3,5-11,16H,12-15H2,1H3. The first-order chi connectivity index (χ1) is 15.0. The van der Waals surface area contributed by atoms with E-state index >= 15 is 0 Å². The van der Waals surface area contributed by atoms with Gasteiger partial charge in [0.15, 0.2) is 0 Å². The highest BCUT2D eigenvalue weighted by atomic mass is 32.2. The second-order valence-corrected chi connectivity index (χ2v) is 9.42. The first-order valence-electron chi connectivity index (χ1n) is 10.1. The number of anilines is 1. The lowest BCUT2D eigenvalue weighted by Gasteiger charge is -2.36. The minimum atomic E-state index is -3.56. The summed E-state index contributed by atoms with van der Waals surface area (Å²) in [5.74, 6) is 1.01. The maximum atomic E-state index is 13.2. The molecule has 3 aromatic carbocycles. The van der Waals surface area contributed by atoms with Gasteiger partial charge in [-0.2, -0.15) is 9.29 Å². The molecule has 8 heteroatoms. The van der Waals surface area contributed by atoms with Crippen molar-refractivity contribution in [2.45, 2.75) is 11.8 Å². The SMILES string of the molecule is Cc1nc(-c2c[c]ccc2N2CCN(S(=O)(=O)c3ccc4ccccc4c3)CC2)no1. The molecule has 1 fully saturated rings. The highest BCUT2D eigenvalue weighted by molar-refractivity contribution is 7.89. The van der Waals surface area contributed by atoms with Crippen molar-refractivity contribution in [1.82, 2.24) is 14.4 Å². The van der Waals surface area contributed by atoms with Crippen LogP contribution in [0.15, 0.2) is 70.1 Å². The normalized spacial score (nSPS) is 15.5. The van der Waals surface area contributed by atoms with E-state index in [0.29, 0.717) is 42.8 Å². The Labute approximate surface area is 181 Å². The Morgan fingerprint density at radius 3 is 2.52 bits per heavy atom. The summed E-state index contributed by atoms with van der Waals surface area (Å²) in [7, 11) is -3.56. The van der Waals surface area contributed by atoms with E-state index in [1.54, 1.807) is 23.4 Å². The number of nitrogens with zero attached hydrogens (tertiary/aromatic N) is 4. The molecule has 1 aliphatic heterocycles. The minimum absolute atomic E-state index is 0.330. The topological polar surface area (TPSA) is 79.5 Å². The van der Waals surface area contributed by atoms with Crippen molar-refractivity contribution in [3.63, 3.8) is 0 Å². The Hall–Kier alpha value is -3.23. The van der Waals surface area contributed by atoms with Crippen molar-refractivity contribution in [2.24, 2.45) is 0 Å². The van der Waals surface area contributed by atoms with Crippen LogP contribution in [0.2, 0.25) is 0 Å². The fourth-order valence-corrected chi connectivity index (χ4v) is 5.39. The minimum Gasteiger partial charge on any atom is -0.368 e. The maximum absolute atomic E-state index is 13.2. The van der Waals surface area contributed by atoms with Crippen LogP contribution in [0.3, 0.4) is 0 Å². The molecule has 0 saturated carbocycles. The lowest BCUT2D eigenvalue weighted by atomic mass is 10.1. The quantitative estimate of drug-likeness (QED) is 0.490. The van der Waals surface area contributed by atoms with Gasteiger partial charge in [-0.05, 0) is 41.1 Å². The number of hydrogen-bond acceptors (Lipinski definition) is 6. The Kier molecular flexibility index (Phi) is 4.95. The van der Waals surface area contributed by atoms with Gasteiger partial charge in [-0.3, -0.25) is 0 Å². The maximum Gasteiger partial charge on any atom is 0.243 e. The molecule has 2 heterocycles. The zero-order valence-corrected chi connectivity index (χ0v) is 17.8. The predicted molar refractivity (Wildman–Crippen MR) is 118 cm³/mol. The summed E-state index contributed by atoms with van der Waals surface area (Å²) in [5, 5.41) is 5.96. The molecule has 0 amide bonds. The molecule has 1 saturated heterocycles. The van der Waals surface area contributed by atoms with Gasteiger partial charge in [0.2, 0.25) is 21.7 Å². The zero-order chi connectivity index (χ0) is 21.4. The molecule has 1 aromatic heterocycles.